The second-order valence-electron chi connectivity index (χ2n) is 4.18. The molecule has 84 valence electrons. The van der Waals surface area contributed by atoms with E-state index in [1.807, 2.05) is 13.8 Å². The summed E-state index contributed by atoms with van der Waals surface area (Å²) in [7, 11) is 0. The second kappa shape index (κ2) is 4.06. The highest BCUT2D eigenvalue weighted by molar-refractivity contribution is 4.89. The zero-order chi connectivity index (χ0) is 10.9. The first-order chi connectivity index (χ1) is 6.36. The number of nitrogens with two attached hydrogens (primary N) is 1. The van der Waals surface area contributed by atoms with Crippen LogP contribution in [0.5, 0.6) is 0 Å². The van der Waals surface area contributed by atoms with Crippen molar-refractivity contribution in [3.05, 3.63) is 0 Å². The molecule has 1 aliphatic rings. The van der Waals surface area contributed by atoms with Gasteiger partial charge in [-0.25, -0.2) is 0 Å². The SMILES string of the molecule is CC1CC(C)N(C(CN)C(F)(F)F)C1. The van der Waals surface area contributed by atoms with E-state index in [4.69, 9.17) is 5.73 Å². The Kier molecular flexibility index (Phi) is 3.42. The van der Waals surface area contributed by atoms with Gasteiger partial charge in [-0.3, -0.25) is 4.90 Å². The number of alkyl halides is 3. The fourth-order valence-corrected chi connectivity index (χ4v) is 2.22. The normalized spacial score (nSPS) is 32.1. The summed E-state index contributed by atoms with van der Waals surface area (Å²) in [6, 6.07) is -1.48. The van der Waals surface area contributed by atoms with Crippen LogP contribution < -0.4 is 5.73 Å². The zero-order valence-corrected chi connectivity index (χ0v) is 8.51. The Balaban J connectivity index is 2.70. The molecule has 0 radical (unpaired) electrons. The zero-order valence-electron chi connectivity index (χ0n) is 8.51. The first-order valence-corrected chi connectivity index (χ1v) is 4.88. The lowest BCUT2D eigenvalue weighted by molar-refractivity contribution is -0.182. The van der Waals surface area contributed by atoms with E-state index in [-0.39, 0.29) is 12.6 Å². The van der Waals surface area contributed by atoms with Crippen molar-refractivity contribution in [1.82, 2.24) is 4.90 Å². The van der Waals surface area contributed by atoms with Gasteiger partial charge in [-0.05, 0) is 19.3 Å². The van der Waals surface area contributed by atoms with E-state index in [1.54, 1.807) is 0 Å². The van der Waals surface area contributed by atoms with E-state index >= 15 is 0 Å². The third kappa shape index (κ3) is 2.39. The molecule has 14 heavy (non-hydrogen) atoms. The fourth-order valence-electron chi connectivity index (χ4n) is 2.22. The molecule has 3 unspecified atom stereocenters. The number of halogens is 3. The summed E-state index contributed by atoms with van der Waals surface area (Å²) < 4.78 is 37.7. The molecule has 1 fully saturated rings. The lowest BCUT2D eigenvalue weighted by Gasteiger charge is -2.31. The molecule has 1 rings (SSSR count). The minimum Gasteiger partial charge on any atom is -0.329 e. The van der Waals surface area contributed by atoms with Gasteiger partial charge in [0.15, 0.2) is 0 Å². The molecule has 0 bridgehead atoms. The predicted molar refractivity (Wildman–Crippen MR) is 48.8 cm³/mol. The highest BCUT2D eigenvalue weighted by Gasteiger charge is 2.46. The van der Waals surface area contributed by atoms with Crippen LogP contribution >= 0.6 is 0 Å². The number of nitrogens with zero attached hydrogens (tertiary/aromatic N) is 1. The van der Waals surface area contributed by atoms with Crippen molar-refractivity contribution < 1.29 is 13.2 Å². The van der Waals surface area contributed by atoms with E-state index in [1.165, 1.54) is 4.90 Å². The summed E-state index contributed by atoms with van der Waals surface area (Å²) >= 11 is 0. The van der Waals surface area contributed by atoms with Crippen LogP contribution in [-0.4, -0.2) is 36.2 Å². The van der Waals surface area contributed by atoms with E-state index in [9.17, 15) is 13.2 Å². The maximum absolute atomic E-state index is 12.6. The molecule has 0 spiro atoms. The maximum atomic E-state index is 12.6. The Morgan fingerprint density at radius 1 is 1.43 bits per heavy atom. The fraction of sp³-hybridized carbons (Fsp3) is 1.00. The van der Waals surface area contributed by atoms with Crippen molar-refractivity contribution in [3.8, 4) is 0 Å². The molecule has 0 saturated carbocycles. The van der Waals surface area contributed by atoms with Crippen LogP contribution in [-0.2, 0) is 0 Å². The number of hydrogen-bond donors (Lipinski definition) is 1. The van der Waals surface area contributed by atoms with Crippen LogP contribution in [0.2, 0.25) is 0 Å². The first kappa shape index (κ1) is 11.8. The van der Waals surface area contributed by atoms with Gasteiger partial charge in [0.25, 0.3) is 0 Å². The van der Waals surface area contributed by atoms with Crippen LogP contribution in [0.4, 0.5) is 13.2 Å². The van der Waals surface area contributed by atoms with Crippen molar-refractivity contribution >= 4 is 0 Å². The summed E-state index contributed by atoms with van der Waals surface area (Å²) in [5, 5.41) is 0. The van der Waals surface area contributed by atoms with Gasteiger partial charge in [-0.15, -0.1) is 0 Å². The lowest BCUT2D eigenvalue weighted by atomic mass is 10.1. The molecule has 0 aromatic heterocycles. The van der Waals surface area contributed by atoms with E-state index in [2.05, 4.69) is 0 Å². The maximum Gasteiger partial charge on any atom is 0.405 e. The minimum absolute atomic E-state index is 0.0137. The number of hydrogen-bond acceptors (Lipinski definition) is 2. The van der Waals surface area contributed by atoms with Gasteiger partial charge >= 0.3 is 6.18 Å². The van der Waals surface area contributed by atoms with E-state index in [0.29, 0.717) is 12.5 Å². The first-order valence-electron chi connectivity index (χ1n) is 4.88. The Labute approximate surface area is 82.2 Å². The van der Waals surface area contributed by atoms with Crippen molar-refractivity contribution in [2.75, 3.05) is 13.1 Å². The van der Waals surface area contributed by atoms with Gasteiger partial charge < -0.3 is 5.73 Å². The summed E-state index contributed by atoms with van der Waals surface area (Å²) in [6.07, 6.45) is -3.38. The van der Waals surface area contributed by atoms with Crippen LogP contribution in [0, 0.1) is 5.92 Å². The second-order valence-corrected chi connectivity index (χ2v) is 4.18. The number of likely N-dealkylation sites (tertiary alicyclic amines) is 1. The van der Waals surface area contributed by atoms with Gasteiger partial charge in [0.05, 0.1) is 0 Å². The molecule has 1 heterocycles. The Bertz CT molecular complexity index is 193. The summed E-state index contributed by atoms with van der Waals surface area (Å²) in [5.41, 5.74) is 5.18. The summed E-state index contributed by atoms with van der Waals surface area (Å²) in [5.74, 6) is 0.335. The van der Waals surface area contributed by atoms with Gasteiger partial charge in [0, 0.05) is 19.1 Å². The predicted octanol–water partition coefficient (Wildman–Crippen LogP) is 1.61. The molecule has 1 saturated heterocycles. The molecule has 5 heteroatoms. The molecular weight excluding hydrogens is 193 g/mol. The molecule has 3 atom stereocenters. The van der Waals surface area contributed by atoms with Crippen molar-refractivity contribution in [2.45, 2.75) is 38.5 Å². The smallest absolute Gasteiger partial charge is 0.329 e. The quantitative estimate of drug-likeness (QED) is 0.750. The van der Waals surface area contributed by atoms with Crippen molar-refractivity contribution in [1.29, 1.82) is 0 Å². The Morgan fingerprint density at radius 3 is 2.29 bits per heavy atom. The monoisotopic (exact) mass is 210 g/mol. The van der Waals surface area contributed by atoms with E-state index in [0.717, 1.165) is 6.42 Å². The summed E-state index contributed by atoms with van der Waals surface area (Å²) in [6.45, 7) is 3.96. The molecule has 0 aromatic rings. The van der Waals surface area contributed by atoms with Crippen molar-refractivity contribution in [3.63, 3.8) is 0 Å². The Morgan fingerprint density at radius 2 is 2.00 bits per heavy atom. The van der Waals surface area contributed by atoms with Gasteiger partial charge in [0.2, 0.25) is 0 Å². The highest BCUT2D eigenvalue weighted by Crippen LogP contribution is 2.31. The van der Waals surface area contributed by atoms with Gasteiger partial charge in [-0.2, -0.15) is 13.2 Å². The van der Waals surface area contributed by atoms with Crippen LogP contribution in [0.15, 0.2) is 0 Å². The largest absolute Gasteiger partial charge is 0.405 e. The molecule has 2 N–H and O–H groups in total. The molecule has 0 amide bonds. The van der Waals surface area contributed by atoms with Crippen LogP contribution in [0.25, 0.3) is 0 Å². The standard InChI is InChI=1S/C9H17F3N2/c1-6-3-7(2)14(5-6)8(4-13)9(10,11)12/h6-8H,3-5,13H2,1-2H3. The molecule has 0 aromatic carbocycles. The summed E-state index contributed by atoms with van der Waals surface area (Å²) in [4.78, 5) is 1.48. The minimum atomic E-state index is -4.20. The third-order valence-electron chi connectivity index (χ3n) is 2.83. The van der Waals surface area contributed by atoms with Crippen molar-refractivity contribution in [2.24, 2.45) is 11.7 Å². The molecule has 0 aliphatic carbocycles. The average molecular weight is 210 g/mol. The van der Waals surface area contributed by atoms with Gasteiger partial charge in [0.1, 0.15) is 6.04 Å². The van der Waals surface area contributed by atoms with Crippen LogP contribution in [0.3, 0.4) is 0 Å². The molecule has 2 nitrogen and oxygen atoms in total. The molecule has 1 aliphatic heterocycles. The highest BCUT2D eigenvalue weighted by atomic mass is 19.4. The molecular formula is C9H17F3N2. The lowest BCUT2D eigenvalue weighted by Crippen LogP contribution is -2.51. The van der Waals surface area contributed by atoms with Gasteiger partial charge in [-0.1, -0.05) is 6.92 Å². The topological polar surface area (TPSA) is 29.3 Å². The number of rotatable bonds is 2. The Hall–Kier alpha value is -0.290. The third-order valence-corrected chi connectivity index (χ3v) is 2.83. The van der Waals surface area contributed by atoms with Crippen LogP contribution in [0.1, 0.15) is 20.3 Å². The average Bonchev–Trinajstić information content (AvgIpc) is 2.29. The van der Waals surface area contributed by atoms with E-state index < -0.39 is 12.2 Å².